The highest BCUT2D eigenvalue weighted by molar-refractivity contribution is 8.00. The van der Waals surface area contributed by atoms with Gasteiger partial charge in [-0.15, -0.1) is 11.8 Å². The molecule has 262 valence electrons. The molecule has 1 aliphatic rings. The standard InChI is InChI=1S/C38H35N3O9S/c1-5-50-38(46)24-11-15-27(16-12-24)41-34(42)22-33(37(41)45)51-28-17-13-26(14-18-28)39-36(44)29(40-35(43)23-9-7-6-8-10-23)19-25-20-31(48-3)32(49-4)21-30(25)47-2/h6-21,33H,5,22H2,1-4H3,(H,39,44)(H,40,43)/b29-19-. The Balaban J connectivity index is 1.31. The summed E-state index contributed by atoms with van der Waals surface area (Å²) in [7, 11) is 4.44. The van der Waals surface area contributed by atoms with Gasteiger partial charge in [0, 0.05) is 34.2 Å². The van der Waals surface area contributed by atoms with Gasteiger partial charge in [0.1, 0.15) is 11.4 Å². The Labute approximate surface area is 298 Å². The molecule has 0 radical (unpaired) electrons. The molecule has 5 rings (SSSR count). The lowest BCUT2D eigenvalue weighted by Crippen LogP contribution is -2.31. The minimum atomic E-state index is -0.665. The summed E-state index contributed by atoms with van der Waals surface area (Å²) in [5.74, 6) is -1.14. The van der Waals surface area contributed by atoms with E-state index in [0.29, 0.717) is 50.2 Å². The van der Waals surface area contributed by atoms with E-state index < -0.39 is 23.0 Å². The van der Waals surface area contributed by atoms with Crippen molar-refractivity contribution in [2.75, 3.05) is 38.2 Å². The van der Waals surface area contributed by atoms with Gasteiger partial charge in [-0.1, -0.05) is 18.2 Å². The number of ether oxygens (including phenoxy) is 4. The monoisotopic (exact) mass is 709 g/mol. The third-order valence-corrected chi connectivity index (χ3v) is 8.89. The van der Waals surface area contributed by atoms with Crippen LogP contribution in [0.15, 0.2) is 102 Å². The first-order chi connectivity index (χ1) is 24.6. The number of imide groups is 1. The average molecular weight is 710 g/mol. The summed E-state index contributed by atoms with van der Waals surface area (Å²) in [6.45, 7) is 1.94. The molecule has 0 spiro atoms. The number of amides is 4. The van der Waals surface area contributed by atoms with Gasteiger partial charge in [0.2, 0.25) is 11.8 Å². The first-order valence-corrected chi connectivity index (χ1v) is 16.6. The summed E-state index contributed by atoms with van der Waals surface area (Å²) in [5, 5.41) is 4.84. The molecule has 12 nitrogen and oxygen atoms in total. The maximum atomic E-state index is 13.7. The molecule has 1 atom stereocenters. The van der Waals surface area contributed by atoms with E-state index in [1.54, 1.807) is 85.8 Å². The molecule has 1 heterocycles. The topological polar surface area (TPSA) is 150 Å². The van der Waals surface area contributed by atoms with E-state index in [0.717, 1.165) is 4.90 Å². The highest BCUT2D eigenvalue weighted by atomic mass is 32.2. The van der Waals surface area contributed by atoms with Crippen molar-refractivity contribution in [3.63, 3.8) is 0 Å². The largest absolute Gasteiger partial charge is 0.496 e. The van der Waals surface area contributed by atoms with Crippen LogP contribution in [0.3, 0.4) is 0 Å². The third kappa shape index (κ3) is 8.57. The average Bonchev–Trinajstić information content (AvgIpc) is 3.43. The minimum absolute atomic E-state index is 0.00348. The fraction of sp³-hybridized carbons (Fsp3) is 0.184. The van der Waals surface area contributed by atoms with Gasteiger partial charge in [0.25, 0.3) is 11.8 Å². The molecule has 4 aromatic rings. The summed E-state index contributed by atoms with van der Waals surface area (Å²) in [4.78, 5) is 66.7. The highest BCUT2D eigenvalue weighted by Gasteiger charge is 2.40. The van der Waals surface area contributed by atoms with Gasteiger partial charge >= 0.3 is 5.97 Å². The van der Waals surface area contributed by atoms with E-state index in [4.69, 9.17) is 18.9 Å². The van der Waals surface area contributed by atoms with Crippen LogP contribution in [0.5, 0.6) is 17.2 Å². The molecule has 0 aromatic heterocycles. The zero-order valence-electron chi connectivity index (χ0n) is 28.3. The predicted molar refractivity (Wildman–Crippen MR) is 192 cm³/mol. The molecule has 13 heteroatoms. The van der Waals surface area contributed by atoms with Crippen molar-refractivity contribution in [2.45, 2.75) is 23.5 Å². The molecule has 51 heavy (non-hydrogen) atoms. The molecule has 0 saturated carbocycles. The molecule has 1 saturated heterocycles. The Kier molecular flexibility index (Phi) is 11.7. The van der Waals surface area contributed by atoms with E-state index in [1.165, 1.54) is 51.3 Å². The number of rotatable bonds is 13. The predicted octanol–water partition coefficient (Wildman–Crippen LogP) is 5.72. The Morgan fingerprint density at radius 3 is 2.10 bits per heavy atom. The summed E-state index contributed by atoms with van der Waals surface area (Å²) in [5.41, 5.74) is 1.83. The number of nitrogens with zero attached hydrogens (tertiary/aromatic N) is 1. The first-order valence-electron chi connectivity index (χ1n) is 15.8. The van der Waals surface area contributed by atoms with Crippen LogP contribution in [0, 0.1) is 0 Å². The molecule has 1 fully saturated rings. The van der Waals surface area contributed by atoms with Crippen molar-refractivity contribution in [2.24, 2.45) is 0 Å². The first kappa shape index (κ1) is 36.2. The number of thioether (sulfide) groups is 1. The van der Waals surface area contributed by atoms with Crippen molar-refractivity contribution < 1.29 is 42.9 Å². The van der Waals surface area contributed by atoms with Crippen molar-refractivity contribution in [1.82, 2.24) is 5.32 Å². The lowest BCUT2D eigenvalue weighted by molar-refractivity contribution is -0.121. The van der Waals surface area contributed by atoms with Gasteiger partial charge in [-0.3, -0.25) is 19.2 Å². The number of carbonyl (C=O) groups is 5. The lowest BCUT2D eigenvalue weighted by Gasteiger charge is -2.16. The van der Waals surface area contributed by atoms with Crippen LogP contribution in [-0.2, 0) is 19.1 Å². The summed E-state index contributed by atoms with van der Waals surface area (Å²) in [6, 6.07) is 24.6. The van der Waals surface area contributed by atoms with Gasteiger partial charge in [0.05, 0.1) is 44.4 Å². The lowest BCUT2D eigenvalue weighted by atomic mass is 10.1. The number of esters is 1. The van der Waals surface area contributed by atoms with Crippen molar-refractivity contribution in [1.29, 1.82) is 0 Å². The molecule has 1 aliphatic heterocycles. The van der Waals surface area contributed by atoms with Gasteiger partial charge in [0.15, 0.2) is 11.5 Å². The van der Waals surface area contributed by atoms with Crippen LogP contribution >= 0.6 is 11.8 Å². The minimum Gasteiger partial charge on any atom is -0.496 e. The number of hydrogen-bond acceptors (Lipinski definition) is 10. The zero-order valence-corrected chi connectivity index (χ0v) is 29.1. The normalized spacial score (nSPS) is 14.2. The van der Waals surface area contributed by atoms with Crippen LogP contribution in [0.2, 0.25) is 0 Å². The molecular formula is C38H35N3O9S. The third-order valence-electron chi connectivity index (χ3n) is 7.70. The number of carbonyl (C=O) groups excluding carboxylic acids is 5. The van der Waals surface area contributed by atoms with Crippen LogP contribution < -0.4 is 29.7 Å². The number of benzene rings is 4. The Bertz CT molecular complexity index is 1960. The van der Waals surface area contributed by atoms with Crippen molar-refractivity contribution in [3.05, 3.63) is 113 Å². The van der Waals surface area contributed by atoms with Crippen molar-refractivity contribution >= 4 is 58.8 Å². The molecule has 2 N–H and O–H groups in total. The van der Waals surface area contributed by atoms with Crippen LogP contribution in [0.25, 0.3) is 6.08 Å². The molecule has 4 aromatic carbocycles. The second-order valence-electron chi connectivity index (χ2n) is 11.0. The fourth-order valence-electron chi connectivity index (χ4n) is 5.17. The smallest absolute Gasteiger partial charge is 0.338 e. The summed E-state index contributed by atoms with van der Waals surface area (Å²) >= 11 is 1.23. The summed E-state index contributed by atoms with van der Waals surface area (Å²) in [6.07, 6.45) is 1.47. The maximum Gasteiger partial charge on any atom is 0.338 e. The van der Waals surface area contributed by atoms with E-state index in [1.807, 2.05) is 0 Å². The van der Waals surface area contributed by atoms with E-state index in [2.05, 4.69) is 10.6 Å². The molecule has 4 amide bonds. The van der Waals surface area contributed by atoms with Crippen molar-refractivity contribution in [3.8, 4) is 17.2 Å². The second-order valence-corrected chi connectivity index (χ2v) is 12.2. The zero-order chi connectivity index (χ0) is 36.5. The van der Waals surface area contributed by atoms with Gasteiger partial charge < -0.3 is 29.6 Å². The Hall–Kier alpha value is -6.08. The molecule has 0 bridgehead atoms. The van der Waals surface area contributed by atoms with Gasteiger partial charge in [-0.2, -0.15) is 0 Å². The van der Waals surface area contributed by atoms with Gasteiger partial charge in [-0.25, -0.2) is 9.69 Å². The van der Waals surface area contributed by atoms with Crippen LogP contribution in [0.4, 0.5) is 11.4 Å². The molecule has 1 unspecified atom stereocenters. The highest BCUT2D eigenvalue weighted by Crippen LogP contribution is 2.36. The Morgan fingerprint density at radius 2 is 1.47 bits per heavy atom. The van der Waals surface area contributed by atoms with E-state index >= 15 is 0 Å². The fourth-order valence-corrected chi connectivity index (χ4v) is 6.23. The Morgan fingerprint density at radius 1 is 0.824 bits per heavy atom. The number of nitrogens with one attached hydrogen (secondary N) is 2. The SMILES string of the molecule is CCOC(=O)c1ccc(N2C(=O)CC(Sc3ccc(NC(=O)/C(=C/c4cc(OC)c(OC)cc4OC)NC(=O)c4ccccc4)cc3)C2=O)cc1. The van der Waals surface area contributed by atoms with E-state index in [-0.39, 0.29) is 30.5 Å². The maximum absolute atomic E-state index is 13.7. The molecular weight excluding hydrogens is 674 g/mol. The number of hydrogen-bond donors (Lipinski definition) is 2. The van der Waals surface area contributed by atoms with Crippen LogP contribution in [-0.4, -0.2) is 62.8 Å². The summed E-state index contributed by atoms with van der Waals surface area (Å²) < 4.78 is 21.3. The number of anilines is 2. The number of methoxy groups -OCH3 is 3. The van der Waals surface area contributed by atoms with E-state index in [9.17, 15) is 24.0 Å². The molecule has 0 aliphatic carbocycles. The quantitative estimate of drug-likeness (QED) is 0.100. The van der Waals surface area contributed by atoms with Gasteiger partial charge in [-0.05, 0) is 79.7 Å². The van der Waals surface area contributed by atoms with Crippen LogP contribution in [0.1, 0.15) is 39.6 Å². The second kappa shape index (κ2) is 16.5.